The monoisotopic (exact) mass is 467 g/mol. The molecular formula is C24H20F3N5O2. The van der Waals surface area contributed by atoms with Crippen LogP contribution in [0, 0.1) is 24.4 Å². The summed E-state index contributed by atoms with van der Waals surface area (Å²) in [7, 11) is 1.53. The minimum absolute atomic E-state index is 0.0594. The highest BCUT2D eigenvalue weighted by molar-refractivity contribution is 5.65. The van der Waals surface area contributed by atoms with Crippen LogP contribution >= 0.6 is 0 Å². The van der Waals surface area contributed by atoms with Crippen LogP contribution < -0.4 is 10.5 Å². The molecule has 0 unspecified atom stereocenters. The first-order chi connectivity index (χ1) is 16.3. The van der Waals surface area contributed by atoms with Gasteiger partial charge in [0, 0.05) is 61.8 Å². The van der Waals surface area contributed by atoms with Crippen molar-refractivity contribution in [3.8, 4) is 11.1 Å². The second kappa shape index (κ2) is 8.53. The Morgan fingerprint density at radius 1 is 1.06 bits per heavy atom. The third-order valence-corrected chi connectivity index (χ3v) is 5.82. The third-order valence-electron chi connectivity index (χ3n) is 5.82. The molecule has 0 spiro atoms. The van der Waals surface area contributed by atoms with Crippen LogP contribution in [0.25, 0.3) is 16.8 Å². The van der Waals surface area contributed by atoms with E-state index in [-0.39, 0.29) is 17.7 Å². The Kier molecular flexibility index (Phi) is 5.52. The van der Waals surface area contributed by atoms with Gasteiger partial charge in [0.05, 0.1) is 12.3 Å². The standard InChI is InChI=1S/C24H20F3N5O2/c1-13-5-22-29-16(12-34-2)7-23(33)32(22)30-24(13)31-4-3-21-15(11-31)6-14(10-28-21)17-8-19(26)20(27)9-18(17)25/h5-10H,3-4,11-12H2,1-2H3. The molecule has 10 heteroatoms. The molecule has 0 atom stereocenters. The molecule has 1 aromatic carbocycles. The van der Waals surface area contributed by atoms with Crippen LogP contribution in [-0.4, -0.2) is 33.2 Å². The zero-order valence-corrected chi connectivity index (χ0v) is 18.5. The molecule has 1 aliphatic rings. The number of halogens is 3. The van der Waals surface area contributed by atoms with E-state index in [4.69, 9.17) is 4.74 Å². The fourth-order valence-corrected chi connectivity index (χ4v) is 4.20. The first-order valence-electron chi connectivity index (χ1n) is 10.6. The Morgan fingerprint density at radius 2 is 1.85 bits per heavy atom. The van der Waals surface area contributed by atoms with Gasteiger partial charge in [-0.25, -0.2) is 18.2 Å². The van der Waals surface area contributed by atoms with Crippen molar-refractivity contribution in [2.75, 3.05) is 18.6 Å². The molecule has 34 heavy (non-hydrogen) atoms. The van der Waals surface area contributed by atoms with Crippen LogP contribution in [0.1, 0.15) is 22.5 Å². The van der Waals surface area contributed by atoms with Crippen molar-refractivity contribution in [2.24, 2.45) is 0 Å². The summed E-state index contributed by atoms with van der Waals surface area (Å²) >= 11 is 0. The van der Waals surface area contributed by atoms with Crippen LogP contribution in [0.3, 0.4) is 0 Å². The molecule has 0 saturated heterocycles. The maximum Gasteiger partial charge on any atom is 0.274 e. The van der Waals surface area contributed by atoms with E-state index in [2.05, 4.69) is 15.1 Å². The Balaban J connectivity index is 1.51. The van der Waals surface area contributed by atoms with Gasteiger partial charge in [0.25, 0.3) is 5.56 Å². The van der Waals surface area contributed by atoms with E-state index in [9.17, 15) is 18.0 Å². The van der Waals surface area contributed by atoms with Crippen LogP contribution in [0.5, 0.6) is 0 Å². The smallest absolute Gasteiger partial charge is 0.274 e. The minimum Gasteiger partial charge on any atom is -0.378 e. The number of rotatable bonds is 4. The Morgan fingerprint density at radius 3 is 2.65 bits per heavy atom. The fourth-order valence-electron chi connectivity index (χ4n) is 4.20. The summed E-state index contributed by atoms with van der Waals surface area (Å²) in [5, 5.41) is 4.54. The highest BCUT2D eigenvalue weighted by atomic mass is 19.2. The van der Waals surface area contributed by atoms with Crippen LogP contribution in [0.15, 0.2) is 41.3 Å². The summed E-state index contributed by atoms with van der Waals surface area (Å²) in [4.78, 5) is 23.4. The average molecular weight is 467 g/mol. The molecule has 0 saturated carbocycles. The van der Waals surface area contributed by atoms with Crippen LogP contribution in [-0.2, 0) is 24.3 Å². The third kappa shape index (κ3) is 3.90. The molecule has 0 amide bonds. The number of anilines is 1. The molecular weight excluding hydrogens is 447 g/mol. The van der Waals surface area contributed by atoms with E-state index in [1.54, 1.807) is 12.1 Å². The summed E-state index contributed by atoms with van der Waals surface area (Å²) in [6.07, 6.45) is 2.07. The highest BCUT2D eigenvalue weighted by Crippen LogP contribution is 2.30. The normalized spacial score (nSPS) is 13.4. The number of nitrogens with zero attached hydrogens (tertiary/aromatic N) is 5. The lowest BCUT2D eigenvalue weighted by Crippen LogP contribution is -2.33. The van der Waals surface area contributed by atoms with Crippen LogP contribution in [0.4, 0.5) is 19.0 Å². The van der Waals surface area contributed by atoms with Gasteiger partial charge in [0.2, 0.25) is 0 Å². The van der Waals surface area contributed by atoms with Crippen molar-refractivity contribution in [3.05, 3.63) is 86.8 Å². The molecule has 0 fully saturated rings. The van der Waals surface area contributed by atoms with Crippen molar-refractivity contribution < 1.29 is 17.9 Å². The van der Waals surface area contributed by atoms with E-state index in [1.165, 1.54) is 23.9 Å². The van der Waals surface area contributed by atoms with Gasteiger partial charge < -0.3 is 9.64 Å². The van der Waals surface area contributed by atoms with E-state index in [1.807, 2.05) is 11.8 Å². The Hall–Kier alpha value is -3.79. The summed E-state index contributed by atoms with van der Waals surface area (Å²) < 4.78 is 47.7. The lowest BCUT2D eigenvalue weighted by atomic mass is 9.99. The number of methoxy groups -OCH3 is 1. The minimum atomic E-state index is -1.24. The van der Waals surface area contributed by atoms with Gasteiger partial charge in [-0.05, 0) is 36.2 Å². The largest absolute Gasteiger partial charge is 0.378 e. The topological polar surface area (TPSA) is 72.6 Å². The van der Waals surface area contributed by atoms with Gasteiger partial charge in [-0.15, -0.1) is 5.10 Å². The van der Waals surface area contributed by atoms with Gasteiger partial charge in [-0.3, -0.25) is 9.78 Å². The van der Waals surface area contributed by atoms with Gasteiger partial charge in [-0.1, -0.05) is 0 Å². The molecule has 0 radical (unpaired) electrons. The van der Waals surface area contributed by atoms with Crippen molar-refractivity contribution in [1.82, 2.24) is 19.6 Å². The van der Waals surface area contributed by atoms with Crippen molar-refractivity contribution in [2.45, 2.75) is 26.5 Å². The molecule has 0 bridgehead atoms. The zero-order chi connectivity index (χ0) is 24.0. The summed E-state index contributed by atoms with van der Waals surface area (Å²) in [6, 6.07) is 6.28. The SMILES string of the molecule is COCc1cc(=O)n2nc(N3CCc4ncc(-c5cc(F)c(F)cc5F)cc4C3)c(C)cc2n1. The van der Waals surface area contributed by atoms with E-state index in [0.717, 1.165) is 22.9 Å². The fraction of sp³-hybridized carbons (Fsp3) is 0.250. The predicted octanol–water partition coefficient (Wildman–Crippen LogP) is 3.59. The molecule has 5 rings (SSSR count). The Bertz CT molecular complexity index is 1490. The quantitative estimate of drug-likeness (QED) is 0.427. The van der Waals surface area contributed by atoms with Crippen molar-refractivity contribution >= 4 is 11.5 Å². The number of hydrogen-bond donors (Lipinski definition) is 0. The number of fused-ring (bicyclic) bond motifs is 2. The second-order valence-corrected chi connectivity index (χ2v) is 8.19. The number of pyridine rings is 1. The lowest BCUT2D eigenvalue weighted by Gasteiger charge is -2.30. The van der Waals surface area contributed by atoms with Crippen molar-refractivity contribution in [1.29, 1.82) is 0 Å². The van der Waals surface area contributed by atoms with E-state index < -0.39 is 17.5 Å². The maximum absolute atomic E-state index is 14.3. The molecule has 4 aromatic rings. The molecule has 3 aromatic heterocycles. The van der Waals surface area contributed by atoms with Gasteiger partial charge in [-0.2, -0.15) is 4.52 Å². The predicted molar refractivity (Wildman–Crippen MR) is 119 cm³/mol. The first-order valence-corrected chi connectivity index (χ1v) is 10.6. The Labute approximate surface area is 192 Å². The molecule has 0 N–H and O–H groups in total. The average Bonchev–Trinajstić information content (AvgIpc) is 2.80. The number of aryl methyl sites for hydroxylation is 1. The maximum atomic E-state index is 14.3. The molecule has 1 aliphatic heterocycles. The van der Waals surface area contributed by atoms with E-state index >= 15 is 0 Å². The highest BCUT2D eigenvalue weighted by Gasteiger charge is 2.22. The molecule has 0 aliphatic carbocycles. The van der Waals surface area contributed by atoms with Gasteiger partial charge in [0.15, 0.2) is 23.1 Å². The molecule has 4 heterocycles. The summed E-state index contributed by atoms with van der Waals surface area (Å²) in [5.41, 5.74) is 3.42. The second-order valence-electron chi connectivity index (χ2n) is 8.19. The van der Waals surface area contributed by atoms with Crippen LogP contribution in [0.2, 0.25) is 0 Å². The van der Waals surface area contributed by atoms with Gasteiger partial charge >= 0.3 is 0 Å². The first kappa shape index (κ1) is 22.0. The number of benzene rings is 1. The number of aromatic nitrogens is 4. The van der Waals surface area contributed by atoms with Crippen molar-refractivity contribution in [3.63, 3.8) is 0 Å². The lowest BCUT2D eigenvalue weighted by molar-refractivity contribution is 0.181. The summed E-state index contributed by atoms with van der Waals surface area (Å²) in [5.74, 6) is -2.61. The molecule has 174 valence electrons. The summed E-state index contributed by atoms with van der Waals surface area (Å²) in [6.45, 7) is 3.13. The number of hydrogen-bond acceptors (Lipinski definition) is 6. The molecule has 7 nitrogen and oxygen atoms in total. The van der Waals surface area contributed by atoms with Gasteiger partial charge in [0.1, 0.15) is 5.82 Å². The van der Waals surface area contributed by atoms with E-state index in [0.29, 0.717) is 48.3 Å². The number of ether oxygens (including phenoxy) is 1. The zero-order valence-electron chi connectivity index (χ0n) is 18.5.